The highest BCUT2D eigenvalue weighted by molar-refractivity contribution is 5.89. The molecule has 1 aromatic carbocycles. The highest BCUT2D eigenvalue weighted by atomic mass is 19.2. The zero-order chi connectivity index (χ0) is 21.9. The first kappa shape index (κ1) is 20.5. The molecule has 6 nitrogen and oxygen atoms in total. The van der Waals surface area contributed by atoms with E-state index >= 15 is 0 Å². The number of ether oxygens (including phenoxy) is 2. The van der Waals surface area contributed by atoms with Gasteiger partial charge in [-0.15, -0.1) is 0 Å². The number of benzene rings is 1. The van der Waals surface area contributed by atoms with E-state index in [0.29, 0.717) is 0 Å². The summed E-state index contributed by atoms with van der Waals surface area (Å²) in [7, 11) is 0. The maximum atomic E-state index is 14.5. The van der Waals surface area contributed by atoms with Crippen molar-refractivity contribution >= 4 is 5.90 Å². The Hall–Kier alpha value is -3.23. The van der Waals surface area contributed by atoms with Crippen LogP contribution in [0.15, 0.2) is 0 Å². The van der Waals surface area contributed by atoms with Crippen LogP contribution in [0.4, 0.5) is 22.0 Å². The Morgan fingerprint density at radius 3 is 1.83 bits per heavy atom. The van der Waals surface area contributed by atoms with Gasteiger partial charge in [-0.05, 0) is 0 Å². The average Bonchev–Trinajstić information content (AvgIpc) is 2.87. The molecular weight excluding hydrogens is 399 g/mol. The molecule has 0 aromatic heterocycles. The Labute approximate surface area is 161 Å². The quantitative estimate of drug-likeness (QED) is 0.453. The predicted molar refractivity (Wildman–Crippen MR) is 82.8 cm³/mol. The average molecular weight is 410 g/mol. The molecule has 0 amide bonds. The smallest absolute Gasteiger partial charge is 0.217 e. The summed E-state index contributed by atoms with van der Waals surface area (Å²) in [6, 6.07) is 4.55. The number of hydrogen-bond acceptors (Lipinski definition) is 6. The molecule has 29 heavy (non-hydrogen) atoms. The number of halogens is 5. The second-order valence-electron chi connectivity index (χ2n) is 6.75. The van der Waals surface area contributed by atoms with Gasteiger partial charge in [0.15, 0.2) is 28.7 Å². The van der Waals surface area contributed by atoms with Crippen LogP contribution in [0.1, 0.15) is 31.9 Å². The molecule has 2 aliphatic heterocycles. The van der Waals surface area contributed by atoms with Crippen LogP contribution in [0.2, 0.25) is 0 Å². The Morgan fingerprint density at radius 2 is 1.41 bits per heavy atom. The molecular formula is C18H11F5N4O2. The van der Waals surface area contributed by atoms with E-state index in [9.17, 15) is 37.7 Å². The Bertz CT molecular complexity index is 1030. The number of nitrogens with one attached hydrogen (secondary N) is 1. The van der Waals surface area contributed by atoms with Gasteiger partial charge in [0.1, 0.15) is 6.10 Å². The zero-order valence-electron chi connectivity index (χ0n) is 14.9. The molecule has 4 atom stereocenters. The fraction of sp³-hybridized carbons (Fsp3) is 0.444. The summed E-state index contributed by atoms with van der Waals surface area (Å²) in [5.74, 6) is -15.5. The second-order valence-corrected chi connectivity index (χ2v) is 6.75. The Morgan fingerprint density at radius 1 is 0.931 bits per heavy atom. The minimum atomic E-state index is -2.84. The van der Waals surface area contributed by atoms with E-state index in [0.717, 1.165) is 0 Å². The van der Waals surface area contributed by atoms with Gasteiger partial charge in [0.05, 0.1) is 29.7 Å². The van der Waals surface area contributed by atoms with Crippen LogP contribution in [-0.4, -0.2) is 11.7 Å². The van der Waals surface area contributed by atoms with Crippen molar-refractivity contribution in [3.8, 4) is 18.2 Å². The monoisotopic (exact) mass is 410 g/mol. The van der Waals surface area contributed by atoms with Gasteiger partial charge < -0.3 is 9.47 Å². The SMILES string of the molecule is CCC12OC(=N)C(C#N)(C1C)C(C#N)(C#N)C(c1c(F)c(F)c(F)c(F)c1F)O2. The number of nitriles is 3. The van der Waals surface area contributed by atoms with Gasteiger partial charge in [0.25, 0.3) is 0 Å². The Kier molecular flexibility index (Phi) is 4.34. The van der Waals surface area contributed by atoms with Crippen molar-refractivity contribution in [2.75, 3.05) is 0 Å². The third kappa shape index (κ3) is 2.02. The summed E-state index contributed by atoms with van der Waals surface area (Å²) in [5.41, 5.74) is -6.80. The molecule has 2 bridgehead atoms. The number of fused-ring (bicyclic) bond motifs is 2. The van der Waals surface area contributed by atoms with Crippen molar-refractivity contribution in [3.63, 3.8) is 0 Å². The summed E-state index contributed by atoms with van der Waals surface area (Å²) < 4.78 is 81.0. The van der Waals surface area contributed by atoms with E-state index in [1.54, 1.807) is 6.07 Å². The van der Waals surface area contributed by atoms with Crippen LogP contribution in [-0.2, 0) is 9.47 Å². The lowest BCUT2D eigenvalue weighted by molar-refractivity contribution is -0.281. The van der Waals surface area contributed by atoms with Crippen LogP contribution < -0.4 is 0 Å². The van der Waals surface area contributed by atoms with Gasteiger partial charge in [-0.3, -0.25) is 5.41 Å². The summed E-state index contributed by atoms with van der Waals surface area (Å²) in [5, 5.41) is 37.5. The number of hydrogen-bond donors (Lipinski definition) is 1. The van der Waals surface area contributed by atoms with Gasteiger partial charge in [0, 0.05) is 6.42 Å². The predicted octanol–water partition coefficient (Wildman–Crippen LogP) is 3.75. The van der Waals surface area contributed by atoms with E-state index in [1.165, 1.54) is 26.0 Å². The van der Waals surface area contributed by atoms with Gasteiger partial charge in [-0.2, -0.15) is 15.8 Å². The molecule has 11 heteroatoms. The van der Waals surface area contributed by atoms with Crippen molar-refractivity contribution in [2.45, 2.75) is 32.2 Å². The number of rotatable bonds is 2. The molecule has 4 unspecified atom stereocenters. The highest BCUT2D eigenvalue weighted by Gasteiger charge is 2.79. The molecule has 0 saturated carbocycles. The van der Waals surface area contributed by atoms with Crippen LogP contribution in [0.5, 0.6) is 0 Å². The van der Waals surface area contributed by atoms with E-state index in [2.05, 4.69) is 0 Å². The molecule has 2 heterocycles. The highest BCUT2D eigenvalue weighted by Crippen LogP contribution is 2.67. The first-order valence-electron chi connectivity index (χ1n) is 8.26. The van der Waals surface area contributed by atoms with Gasteiger partial charge in [0.2, 0.25) is 22.9 Å². The third-order valence-corrected chi connectivity index (χ3v) is 5.80. The van der Waals surface area contributed by atoms with Gasteiger partial charge in [-0.1, -0.05) is 13.8 Å². The fourth-order valence-electron chi connectivity index (χ4n) is 4.15. The second kappa shape index (κ2) is 6.13. The van der Waals surface area contributed by atoms with Crippen LogP contribution in [0, 0.1) is 85.2 Å². The summed E-state index contributed by atoms with van der Waals surface area (Å²) >= 11 is 0. The van der Waals surface area contributed by atoms with Crippen molar-refractivity contribution < 1.29 is 31.4 Å². The molecule has 0 spiro atoms. The summed E-state index contributed by atoms with van der Waals surface area (Å²) in [6.45, 7) is 2.81. The minimum Gasteiger partial charge on any atom is -0.447 e. The molecule has 2 saturated heterocycles. The Balaban J connectivity index is 2.47. The number of nitrogens with zero attached hydrogens (tertiary/aromatic N) is 3. The lowest BCUT2D eigenvalue weighted by atomic mass is 9.53. The summed E-state index contributed by atoms with van der Waals surface area (Å²) in [6.07, 6.45) is -2.51. The maximum Gasteiger partial charge on any atom is 0.217 e. The van der Waals surface area contributed by atoms with Crippen LogP contribution in [0.3, 0.4) is 0 Å². The largest absolute Gasteiger partial charge is 0.447 e. The molecule has 0 radical (unpaired) electrons. The van der Waals surface area contributed by atoms with Crippen molar-refractivity contribution in [1.82, 2.24) is 0 Å². The molecule has 3 rings (SSSR count). The third-order valence-electron chi connectivity index (χ3n) is 5.80. The standard InChI is InChI=1S/C18H11F5N4O2/c1-3-18-7(2)17(6-26,15(27)29-18)16(4-24,5-25)14(28-18)8-9(19)11(21)13(23)12(22)10(8)20/h7,14,27H,3H2,1-2H3. The van der Waals surface area contributed by atoms with Crippen molar-refractivity contribution in [1.29, 1.82) is 21.2 Å². The van der Waals surface area contributed by atoms with Gasteiger partial charge in [-0.25, -0.2) is 22.0 Å². The summed E-state index contributed by atoms with van der Waals surface area (Å²) in [4.78, 5) is 0. The first-order chi connectivity index (χ1) is 13.5. The fourth-order valence-corrected chi connectivity index (χ4v) is 4.15. The molecule has 2 aliphatic rings. The van der Waals surface area contributed by atoms with Crippen LogP contribution >= 0.6 is 0 Å². The lowest BCUT2D eigenvalue weighted by Crippen LogP contribution is -2.58. The van der Waals surface area contributed by atoms with Crippen molar-refractivity contribution in [2.24, 2.45) is 16.7 Å². The van der Waals surface area contributed by atoms with E-state index in [1.807, 2.05) is 0 Å². The molecule has 1 N–H and O–H groups in total. The molecule has 2 fully saturated rings. The van der Waals surface area contributed by atoms with Gasteiger partial charge >= 0.3 is 0 Å². The maximum absolute atomic E-state index is 14.5. The normalized spacial score (nSPS) is 32.1. The van der Waals surface area contributed by atoms with E-state index < -0.39 is 69.2 Å². The lowest BCUT2D eigenvalue weighted by Gasteiger charge is -2.48. The van der Waals surface area contributed by atoms with E-state index in [4.69, 9.17) is 14.9 Å². The molecule has 0 aliphatic carbocycles. The topological polar surface area (TPSA) is 114 Å². The zero-order valence-corrected chi connectivity index (χ0v) is 14.9. The molecule has 1 aromatic rings. The minimum absolute atomic E-state index is 0.112. The van der Waals surface area contributed by atoms with E-state index in [-0.39, 0.29) is 6.42 Å². The van der Waals surface area contributed by atoms with Crippen molar-refractivity contribution in [3.05, 3.63) is 34.6 Å². The molecule has 150 valence electrons. The van der Waals surface area contributed by atoms with Crippen LogP contribution in [0.25, 0.3) is 0 Å². The first-order valence-corrected chi connectivity index (χ1v) is 8.26.